The standard InChI is InChI=1S/C14H19NO2/c1-3-15(4-2)14-8-7-13(11-17)12(10-14)6-5-9-16/h7-11H,3-6H2,1-2H3. The van der Waals surface area contributed by atoms with Gasteiger partial charge in [-0.2, -0.15) is 0 Å². The van der Waals surface area contributed by atoms with Gasteiger partial charge in [-0.15, -0.1) is 0 Å². The Morgan fingerprint density at radius 3 is 2.41 bits per heavy atom. The summed E-state index contributed by atoms with van der Waals surface area (Å²) in [6.45, 7) is 6.07. The van der Waals surface area contributed by atoms with Crippen LogP contribution in [-0.4, -0.2) is 25.7 Å². The van der Waals surface area contributed by atoms with Crippen molar-refractivity contribution >= 4 is 18.3 Å². The van der Waals surface area contributed by atoms with Crippen LogP contribution >= 0.6 is 0 Å². The van der Waals surface area contributed by atoms with Gasteiger partial charge in [0.15, 0.2) is 0 Å². The number of rotatable bonds is 7. The lowest BCUT2D eigenvalue weighted by Crippen LogP contribution is -2.22. The molecule has 0 amide bonds. The second kappa shape index (κ2) is 6.84. The lowest BCUT2D eigenvalue weighted by atomic mass is 10.0. The van der Waals surface area contributed by atoms with Crippen molar-refractivity contribution in [2.45, 2.75) is 26.7 Å². The third kappa shape index (κ3) is 3.41. The van der Waals surface area contributed by atoms with Crippen molar-refractivity contribution in [3.8, 4) is 0 Å². The maximum atomic E-state index is 10.9. The molecule has 0 atom stereocenters. The Labute approximate surface area is 102 Å². The molecule has 0 radical (unpaired) electrons. The van der Waals surface area contributed by atoms with Crippen LogP contribution < -0.4 is 4.90 Å². The Morgan fingerprint density at radius 2 is 1.88 bits per heavy atom. The summed E-state index contributed by atoms with van der Waals surface area (Å²) in [7, 11) is 0. The zero-order valence-electron chi connectivity index (χ0n) is 10.5. The van der Waals surface area contributed by atoms with E-state index in [-0.39, 0.29) is 0 Å². The van der Waals surface area contributed by atoms with Gasteiger partial charge in [0.25, 0.3) is 0 Å². The van der Waals surface area contributed by atoms with Gasteiger partial charge in [-0.1, -0.05) is 0 Å². The molecule has 0 saturated heterocycles. The van der Waals surface area contributed by atoms with E-state index in [0.717, 1.165) is 36.9 Å². The number of nitrogens with zero attached hydrogens (tertiary/aromatic N) is 1. The number of anilines is 1. The van der Waals surface area contributed by atoms with Gasteiger partial charge in [0.2, 0.25) is 0 Å². The van der Waals surface area contributed by atoms with Crippen molar-refractivity contribution in [2.24, 2.45) is 0 Å². The molecule has 0 aromatic heterocycles. The van der Waals surface area contributed by atoms with Crippen LogP contribution in [0.5, 0.6) is 0 Å². The zero-order valence-corrected chi connectivity index (χ0v) is 10.5. The van der Waals surface area contributed by atoms with E-state index in [1.807, 2.05) is 18.2 Å². The molecule has 1 rings (SSSR count). The van der Waals surface area contributed by atoms with Crippen molar-refractivity contribution in [3.05, 3.63) is 29.3 Å². The van der Waals surface area contributed by atoms with Crippen LogP contribution in [0.25, 0.3) is 0 Å². The molecule has 0 unspecified atom stereocenters. The van der Waals surface area contributed by atoms with Gasteiger partial charge >= 0.3 is 0 Å². The summed E-state index contributed by atoms with van der Waals surface area (Å²) in [5.41, 5.74) is 2.75. The van der Waals surface area contributed by atoms with E-state index in [9.17, 15) is 9.59 Å². The summed E-state index contributed by atoms with van der Waals surface area (Å²) in [5, 5.41) is 0. The van der Waals surface area contributed by atoms with Crippen LogP contribution in [0.1, 0.15) is 36.2 Å². The molecule has 0 fully saturated rings. The van der Waals surface area contributed by atoms with E-state index >= 15 is 0 Å². The highest BCUT2D eigenvalue weighted by molar-refractivity contribution is 5.79. The minimum absolute atomic E-state index is 0.461. The molecule has 1 aromatic rings. The Morgan fingerprint density at radius 1 is 1.18 bits per heavy atom. The number of aldehydes is 2. The van der Waals surface area contributed by atoms with E-state index in [2.05, 4.69) is 18.7 Å². The summed E-state index contributed by atoms with van der Waals surface area (Å²) in [6.07, 6.45) is 2.83. The molecule has 0 aliphatic rings. The Balaban J connectivity index is 3.02. The van der Waals surface area contributed by atoms with Crippen LogP contribution in [-0.2, 0) is 11.2 Å². The van der Waals surface area contributed by atoms with E-state index in [1.165, 1.54) is 0 Å². The number of hydrogen-bond acceptors (Lipinski definition) is 3. The molecule has 0 heterocycles. The monoisotopic (exact) mass is 233 g/mol. The third-order valence-corrected chi connectivity index (χ3v) is 2.91. The largest absolute Gasteiger partial charge is 0.372 e. The number of hydrogen-bond donors (Lipinski definition) is 0. The van der Waals surface area contributed by atoms with Crippen molar-refractivity contribution in [1.82, 2.24) is 0 Å². The average molecular weight is 233 g/mol. The van der Waals surface area contributed by atoms with E-state index in [0.29, 0.717) is 18.4 Å². The molecule has 3 heteroatoms. The molecule has 0 aliphatic carbocycles. The minimum Gasteiger partial charge on any atom is -0.372 e. The van der Waals surface area contributed by atoms with Crippen molar-refractivity contribution in [3.63, 3.8) is 0 Å². The van der Waals surface area contributed by atoms with Gasteiger partial charge in [0.05, 0.1) is 0 Å². The predicted octanol–water partition coefficient (Wildman–Crippen LogP) is 2.48. The Bertz CT molecular complexity index is 384. The molecule has 1 aromatic carbocycles. The molecular weight excluding hydrogens is 214 g/mol. The number of benzene rings is 1. The number of carbonyl (C=O) groups is 2. The van der Waals surface area contributed by atoms with Crippen LogP contribution in [0, 0.1) is 0 Å². The molecule has 0 aliphatic heterocycles. The smallest absolute Gasteiger partial charge is 0.150 e. The predicted molar refractivity (Wildman–Crippen MR) is 69.8 cm³/mol. The van der Waals surface area contributed by atoms with Gasteiger partial charge in [-0.05, 0) is 44.0 Å². The molecule has 0 spiro atoms. The highest BCUT2D eigenvalue weighted by atomic mass is 16.1. The summed E-state index contributed by atoms with van der Waals surface area (Å²) >= 11 is 0. The summed E-state index contributed by atoms with van der Waals surface area (Å²) in [6, 6.07) is 5.81. The van der Waals surface area contributed by atoms with Gasteiger partial charge in [0, 0.05) is 30.8 Å². The first-order valence-electron chi connectivity index (χ1n) is 6.03. The molecule has 0 saturated carbocycles. The number of carbonyl (C=O) groups excluding carboxylic acids is 2. The molecule has 92 valence electrons. The first-order valence-corrected chi connectivity index (χ1v) is 6.03. The van der Waals surface area contributed by atoms with E-state index in [1.54, 1.807) is 0 Å². The fraction of sp³-hybridized carbons (Fsp3) is 0.429. The van der Waals surface area contributed by atoms with Crippen molar-refractivity contribution in [1.29, 1.82) is 0 Å². The van der Waals surface area contributed by atoms with Crippen LogP contribution in [0.4, 0.5) is 5.69 Å². The van der Waals surface area contributed by atoms with Crippen LogP contribution in [0.15, 0.2) is 18.2 Å². The van der Waals surface area contributed by atoms with Gasteiger partial charge < -0.3 is 9.69 Å². The maximum Gasteiger partial charge on any atom is 0.150 e. The minimum atomic E-state index is 0.461. The topological polar surface area (TPSA) is 37.4 Å². The molecule has 0 N–H and O–H groups in total. The first kappa shape index (κ1) is 13.4. The summed E-state index contributed by atoms with van der Waals surface area (Å²) < 4.78 is 0. The van der Waals surface area contributed by atoms with E-state index in [4.69, 9.17) is 0 Å². The van der Waals surface area contributed by atoms with Gasteiger partial charge in [-0.25, -0.2) is 0 Å². The average Bonchev–Trinajstić information content (AvgIpc) is 2.38. The zero-order chi connectivity index (χ0) is 12.7. The molecule has 0 bridgehead atoms. The lowest BCUT2D eigenvalue weighted by molar-refractivity contribution is -0.107. The Hall–Kier alpha value is -1.64. The summed E-state index contributed by atoms with van der Waals surface area (Å²) in [5.74, 6) is 0. The summed E-state index contributed by atoms with van der Waals surface area (Å²) in [4.78, 5) is 23.5. The highest BCUT2D eigenvalue weighted by Gasteiger charge is 2.06. The normalized spacial score (nSPS) is 10.0. The molecule has 17 heavy (non-hydrogen) atoms. The number of aryl methyl sites for hydroxylation is 1. The van der Waals surface area contributed by atoms with Crippen LogP contribution in [0.3, 0.4) is 0 Å². The second-order valence-electron chi connectivity index (χ2n) is 3.88. The molecular formula is C14H19NO2. The fourth-order valence-corrected chi connectivity index (χ4v) is 1.92. The first-order chi connectivity index (χ1) is 8.26. The quantitative estimate of drug-likeness (QED) is 0.679. The van der Waals surface area contributed by atoms with Crippen LogP contribution in [0.2, 0.25) is 0 Å². The SMILES string of the molecule is CCN(CC)c1ccc(C=O)c(CCC=O)c1. The fourth-order valence-electron chi connectivity index (χ4n) is 1.92. The third-order valence-electron chi connectivity index (χ3n) is 2.91. The molecule has 3 nitrogen and oxygen atoms in total. The van der Waals surface area contributed by atoms with Gasteiger partial charge in [0.1, 0.15) is 12.6 Å². The van der Waals surface area contributed by atoms with E-state index < -0.39 is 0 Å². The highest BCUT2D eigenvalue weighted by Crippen LogP contribution is 2.19. The second-order valence-corrected chi connectivity index (χ2v) is 3.88. The van der Waals surface area contributed by atoms with Gasteiger partial charge in [-0.3, -0.25) is 4.79 Å². The maximum absolute atomic E-state index is 10.9. The Kier molecular flexibility index (Phi) is 5.40. The van der Waals surface area contributed by atoms with Crippen molar-refractivity contribution in [2.75, 3.05) is 18.0 Å². The van der Waals surface area contributed by atoms with Crippen molar-refractivity contribution < 1.29 is 9.59 Å². The lowest BCUT2D eigenvalue weighted by Gasteiger charge is -2.22.